The van der Waals surface area contributed by atoms with E-state index in [2.05, 4.69) is 20.5 Å². The highest BCUT2D eigenvalue weighted by atomic mass is 35.5. The Bertz CT molecular complexity index is 1000. The Kier molecular flexibility index (Phi) is 5.71. The number of ether oxygens (including phenoxy) is 1. The molecule has 0 radical (unpaired) electrons. The van der Waals surface area contributed by atoms with Gasteiger partial charge in [-0.2, -0.15) is 0 Å². The van der Waals surface area contributed by atoms with Crippen molar-refractivity contribution >= 4 is 39.9 Å². The Balaban J connectivity index is 1.34. The first-order valence-corrected chi connectivity index (χ1v) is 10.0. The van der Waals surface area contributed by atoms with Gasteiger partial charge in [0.25, 0.3) is 0 Å². The molecule has 0 atom stereocenters. The Labute approximate surface area is 174 Å². The van der Waals surface area contributed by atoms with Crippen LogP contribution in [-0.2, 0) is 0 Å². The molecule has 1 aliphatic rings. The minimum Gasteiger partial charge on any atom is -0.497 e. The molecule has 1 fully saturated rings. The van der Waals surface area contributed by atoms with Gasteiger partial charge in [0, 0.05) is 47.1 Å². The molecule has 2 N–H and O–H groups in total. The molecule has 0 unspecified atom stereocenters. The number of amides is 2. The van der Waals surface area contributed by atoms with E-state index in [0.29, 0.717) is 5.02 Å². The van der Waals surface area contributed by atoms with E-state index >= 15 is 0 Å². The van der Waals surface area contributed by atoms with Crippen LogP contribution in [0.3, 0.4) is 0 Å². The Morgan fingerprint density at radius 1 is 1.14 bits per heavy atom. The van der Waals surface area contributed by atoms with Crippen molar-refractivity contribution in [1.29, 1.82) is 0 Å². The zero-order valence-electron chi connectivity index (χ0n) is 16.2. The lowest BCUT2D eigenvalue weighted by Gasteiger charge is -2.34. The first-order valence-electron chi connectivity index (χ1n) is 9.63. The molecule has 3 aromatic rings. The second-order valence-electron chi connectivity index (χ2n) is 7.08. The third-order valence-corrected chi connectivity index (χ3v) is 5.44. The summed E-state index contributed by atoms with van der Waals surface area (Å²) in [6.45, 7) is 1.74. The van der Waals surface area contributed by atoms with Crippen LogP contribution in [0.4, 0.5) is 16.2 Å². The quantitative estimate of drug-likeness (QED) is 0.655. The minimum atomic E-state index is -0.183. The highest BCUT2D eigenvalue weighted by Gasteiger charge is 2.22. The van der Waals surface area contributed by atoms with Crippen molar-refractivity contribution in [2.75, 3.05) is 30.4 Å². The molecular formula is C22H23ClN4O2. The first-order chi connectivity index (χ1) is 14.1. The second kappa shape index (κ2) is 8.57. The fraction of sp³-hybridized carbons (Fsp3) is 0.273. The Morgan fingerprint density at radius 3 is 2.62 bits per heavy atom. The van der Waals surface area contributed by atoms with Crippen LogP contribution in [0.5, 0.6) is 5.75 Å². The van der Waals surface area contributed by atoms with E-state index in [1.165, 1.54) is 0 Å². The van der Waals surface area contributed by atoms with Crippen LogP contribution in [0.2, 0.25) is 5.02 Å². The van der Waals surface area contributed by atoms with E-state index in [0.717, 1.165) is 54.0 Å². The van der Waals surface area contributed by atoms with Crippen molar-refractivity contribution in [2.24, 2.45) is 0 Å². The molecule has 0 spiro atoms. The molecule has 2 heterocycles. The SMILES string of the molecule is COc1ccc(NC(=O)NC2CCN(c3ccnc4cc(Cl)ccc34)CC2)cc1. The number of hydrogen-bond acceptors (Lipinski definition) is 4. The Hall–Kier alpha value is -2.99. The van der Waals surface area contributed by atoms with Gasteiger partial charge in [-0.3, -0.25) is 4.98 Å². The number of methoxy groups -OCH3 is 1. The molecule has 1 aromatic heterocycles. The summed E-state index contributed by atoms with van der Waals surface area (Å²) in [4.78, 5) is 19.1. The number of fused-ring (bicyclic) bond motifs is 1. The van der Waals surface area contributed by atoms with Crippen molar-refractivity contribution < 1.29 is 9.53 Å². The molecule has 1 aliphatic heterocycles. The van der Waals surface area contributed by atoms with Crippen LogP contribution < -0.4 is 20.3 Å². The monoisotopic (exact) mass is 410 g/mol. The van der Waals surface area contributed by atoms with Gasteiger partial charge in [0.1, 0.15) is 5.75 Å². The van der Waals surface area contributed by atoms with Crippen LogP contribution in [0.1, 0.15) is 12.8 Å². The van der Waals surface area contributed by atoms with Gasteiger partial charge in [-0.15, -0.1) is 0 Å². The van der Waals surface area contributed by atoms with Gasteiger partial charge in [-0.05, 0) is 61.4 Å². The van der Waals surface area contributed by atoms with Gasteiger partial charge >= 0.3 is 6.03 Å². The van der Waals surface area contributed by atoms with Crippen molar-refractivity contribution in [3.8, 4) is 5.75 Å². The number of nitrogens with zero attached hydrogens (tertiary/aromatic N) is 2. The summed E-state index contributed by atoms with van der Waals surface area (Å²) in [5.41, 5.74) is 2.80. The minimum absolute atomic E-state index is 0.145. The number of urea groups is 1. The molecule has 2 aromatic carbocycles. The molecule has 0 bridgehead atoms. The summed E-state index contributed by atoms with van der Waals surface area (Å²) in [5, 5.41) is 7.73. The number of pyridine rings is 1. The third kappa shape index (κ3) is 4.54. The fourth-order valence-corrected chi connectivity index (χ4v) is 3.84. The maximum atomic E-state index is 12.3. The number of piperidine rings is 1. The Morgan fingerprint density at radius 2 is 1.90 bits per heavy atom. The highest BCUT2D eigenvalue weighted by Crippen LogP contribution is 2.29. The van der Waals surface area contributed by atoms with Crippen LogP contribution in [0, 0.1) is 0 Å². The fourth-order valence-electron chi connectivity index (χ4n) is 3.67. The van der Waals surface area contributed by atoms with Crippen molar-refractivity contribution in [3.05, 3.63) is 59.8 Å². The van der Waals surface area contributed by atoms with E-state index in [1.54, 1.807) is 7.11 Å². The number of nitrogens with one attached hydrogen (secondary N) is 2. The molecule has 6 nitrogen and oxygen atoms in total. The van der Waals surface area contributed by atoms with Gasteiger partial charge in [0.05, 0.1) is 12.6 Å². The maximum Gasteiger partial charge on any atom is 0.319 e. The van der Waals surface area contributed by atoms with Gasteiger partial charge in [-0.1, -0.05) is 11.6 Å². The normalized spacial score (nSPS) is 14.6. The number of halogens is 1. The summed E-state index contributed by atoms with van der Waals surface area (Å²) in [7, 11) is 1.62. The summed E-state index contributed by atoms with van der Waals surface area (Å²) in [6, 6.07) is 15.1. The van der Waals surface area contributed by atoms with Gasteiger partial charge in [0.2, 0.25) is 0 Å². The van der Waals surface area contributed by atoms with Crippen LogP contribution in [-0.4, -0.2) is 37.3 Å². The van der Waals surface area contributed by atoms with E-state index < -0.39 is 0 Å². The van der Waals surface area contributed by atoms with Crippen molar-refractivity contribution in [1.82, 2.24) is 10.3 Å². The molecule has 7 heteroatoms. The van der Waals surface area contributed by atoms with Crippen LogP contribution in [0.15, 0.2) is 54.7 Å². The molecule has 0 aliphatic carbocycles. The van der Waals surface area contributed by atoms with E-state index in [9.17, 15) is 4.79 Å². The summed E-state index contributed by atoms with van der Waals surface area (Å²) >= 11 is 6.09. The summed E-state index contributed by atoms with van der Waals surface area (Å²) < 4.78 is 5.13. The number of rotatable bonds is 4. The topological polar surface area (TPSA) is 66.5 Å². The zero-order chi connectivity index (χ0) is 20.2. The maximum absolute atomic E-state index is 12.3. The number of hydrogen-bond donors (Lipinski definition) is 2. The molecule has 29 heavy (non-hydrogen) atoms. The average molecular weight is 411 g/mol. The van der Waals surface area contributed by atoms with Crippen molar-refractivity contribution in [3.63, 3.8) is 0 Å². The van der Waals surface area contributed by atoms with E-state index in [1.807, 2.05) is 54.7 Å². The smallest absolute Gasteiger partial charge is 0.319 e. The van der Waals surface area contributed by atoms with Gasteiger partial charge in [0.15, 0.2) is 0 Å². The molecule has 2 amide bonds. The highest BCUT2D eigenvalue weighted by molar-refractivity contribution is 6.31. The number of anilines is 2. The average Bonchev–Trinajstić information content (AvgIpc) is 2.74. The summed E-state index contributed by atoms with van der Waals surface area (Å²) in [5.74, 6) is 0.759. The lowest BCUT2D eigenvalue weighted by atomic mass is 10.0. The van der Waals surface area contributed by atoms with E-state index in [4.69, 9.17) is 16.3 Å². The van der Waals surface area contributed by atoms with Crippen LogP contribution >= 0.6 is 11.6 Å². The lowest BCUT2D eigenvalue weighted by molar-refractivity contribution is 0.246. The standard InChI is InChI=1S/C22H23ClN4O2/c1-29-18-5-3-16(4-6-18)25-22(28)26-17-9-12-27(13-10-17)21-8-11-24-20-14-15(23)2-7-19(20)21/h2-8,11,14,17H,9-10,12-13H2,1H3,(H2,25,26,28). The first kappa shape index (κ1) is 19.3. The summed E-state index contributed by atoms with van der Waals surface area (Å²) in [6.07, 6.45) is 3.58. The number of aromatic nitrogens is 1. The lowest BCUT2D eigenvalue weighted by Crippen LogP contribution is -2.46. The van der Waals surface area contributed by atoms with E-state index in [-0.39, 0.29) is 12.1 Å². The molecule has 4 rings (SSSR count). The largest absolute Gasteiger partial charge is 0.497 e. The van der Waals surface area contributed by atoms with Gasteiger partial charge < -0.3 is 20.3 Å². The predicted molar refractivity (Wildman–Crippen MR) is 117 cm³/mol. The van der Waals surface area contributed by atoms with Crippen LogP contribution in [0.25, 0.3) is 10.9 Å². The van der Waals surface area contributed by atoms with Crippen molar-refractivity contribution in [2.45, 2.75) is 18.9 Å². The zero-order valence-corrected chi connectivity index (χ0v) is 16.9. The molecule has 150 valence electrons. The number of carbonyl (C=O) groups excluding carboxylic acids is 1. The molecule has 1 saturated heterocycles. The third-order valence-electron chi connectivity index (χ3n) is 5.20. The predicted octanol–water partition coefficient (Wildman–Crippen LogP) is 4.69. The second-order valence-corrected chi connectivity index (χ2v) is 7.52. The number of benzene rings is 2. The molecule has 0 saturated carbocycles. The van der Waals surface area contributed by atoms with Gasteiger partial charge in [-0.25, -0.2) is 4.79 Å². The number of carbonyl (C=O) groups is 1. The molecular weight excluding hydrogens is 388 g/mol.